The average molecular weight is 532 g/mol. The van der Waals surface area contributed by atoms with Crippen LogP contribution in [0.1, 0.15) is 40.3 Å². The van der Waals surface area contributed by atoms with Crippen molar-refractivity contribution in [2.24, 2.45) is 0 Å². The van der Waals surface area contributed by atoms with E-state index in [9.17, 15) is 14.7 Å². The Morgan fingerprint density at radius 1 is 0.925 bits per heavy atom. The van der Waals surface area contributed by atoms with Crippen molar-refractivity contribution in [3.63, 3.8) is 0 Å². The fourth-order valence-electron chi connectivity index (χ4n) is 5.17. The van der Waals surface area contributed by atoms with E-state index >= 15 is 0 Å². The molecule has 0 bridgehead atoms. The van der Waals surface area contributed by atoms with E-state index in [1.165, 1.54) is 5.56 Å². The van der Waals surface area contributed by atoms with Crippen molar-refractivity contribution < 1.29 is 24.2 Å². The minimum atomic E-state index is -0.901. The standard InChI is InChI=1S/C33H31BNO5/c1-34-27-15-17-31(40-28-12-7-10-24(18-28)19-32(36)37)26(20-27)21-35(30-16-14-25-11-5-6-13-29(25)30)33(38)39-22-23-8-3-2-4-9-23/h2-13,15,17-18,20,30H,14,16,19,21-22H2,1H3,(H,36,37)/t30-/m0/s1. The summed E-state index contributed by atoms with van der Waals surface area (Å²) in [5.41, 5.74) is 5.80. The van der Waals surface area contributed by atoms with Crippen molar-refractivity contribution in [1.82, 2.24) is 4.90 Å². The number of hydrogen-bond donors (Lipinski definition) is 1. The molecule has 6 nitrogen and oxygen atoms in total. The molecule has 1 radical (unpaired) electrons. The Kier molecular flexibility index (Phi) is 8.50. The number of hydrogen-bond acceptors (Lipinski definition) is 4. The molecule has 5 rings (SSSR count). The third-order valence-corrected chi connectivity index (χ3v) is 7.16. The van der Waals surface area contributed by atoms with Crippen molar-refractivity contribution in [2.45, 2.75) is 45.3 Å². The summed E-state index contributed by atoms with van der Waals surface area (Å²) in [6, 6.07) is 30.7. The maximum absolute atomic E-state index is 13.7. The number of rotatable bonds is 10. The lowest BCUT2D eigenvalue weighted by molar-refractivity contribution is -0.136. The second-order valence-corrected chi connectivity index (χ2v) is 9.90. The van der Waals surface area contributed by atoms with E-state index in [2.05, 4.69) is 12.1 Å². The van der Waals surface area contributed by atoms with Gasteiger partial charge < -0.3 is 14.6 Å². The Labute approximate surface area is 235 Å². The second-order valence-electron chi connectivity index (χ2n) is 9.90. The number of benzene rings is 4. The summed E-state index contributed by atoms with van der Waals surface area (Å²) in [7, 11) is 2.00. The maximum atomic E-state index is 13.7. The number of carboxylic acids is 1. The third kappa shape index (κ3) is 6.54. The third-order valence-electron chi connectivity index (χ3n) is 7.16. The molecule has 7 heteroatoms. The van der Waals surface area contributed by atoms with Crippen LogP contribution in [-0.2, 0) is 35.5 Å². The van der Waals surface area contributed by atoms with Gasteiger partial charge in [-0.05, 0) is 53.3 Å². The van der Waals surface area contributed by atoms with Gasteiger partial charge in [-0.1, -0.05) is 91.1 Å². The van der Waals surface area contributed by atoms with Crippen LogP contribution in [0.4, 0.5) is 4.79 Å². The highest BCUT2D eigenvalue weighted by molar-refractivity contribution is 6.51. The Balaban J connectivity index is 1.45. The lowest BCUT2D eigenvalue weighted by Crippen LogP contribution is -2.34. The molecule has 0 unspecified atom stereocenters. The second kappa shape index (κ2) is 12.6. The quantitative estimate of drug-likeness (QED) is 0.242. The summed E-state index contributed by atoms with van der Waals surface area (Å²) in [6.07, 6.45) is 1.24. The molecule has 0 aromatic heterocycles. The zero-order valence-electron chi connectivity index (χ0n) is 22.5. The summed E-state index contributed by atoms with van der Waals surface area (Å²) in [5.74, 6) is 0.241. The molecule has 40 heavy (non-hydrogen) atoms. The van der Waals surface area contributed by atoms with Crippen LogP contribution in [0.3, 0.4) is 0 Å². The molecule has 0 saturated carbocycles. The van der Waals surface area contributed by atoms with E-state index in [-0.39, 0.29) is 25.2 Å². The monoisotopic (exact) mass is 532 g/mol. The normalized spacial score (nSPS) is 13.8. The molecule has 0 spiro atoms. The molecule has 1 N–H and O–H groups in total. The van der Waals surface area contributed by atoms with E-state index in [0.29, 0.717) is 23.6 Å². The number of ether oxygens (including phenoxy) is 2. The molecule has 201 valence electrons. The number of aliphatic carboxylic acids is 1. The SMILES string of the molecule is C[B]c1ccc(Oc2cccc(CC(=O)O)c2)c(CN(C(=O)OCc2ccccc2)[C@H]2CCc3ccccc32)c1. The Morgan fingerprint density at radius 2 is 1.70 bits per heavy atom. The van der Waals surface area contributed by atoms with Crippen molar-refractivity contribution >= 4 is 24.8 Å². The zero-order valence-corrected chi connectivity index (χ0v) is 22.5. The molecule has 4 aromatic carbocycles. The van der Waals surface area contributed by atoms with Gasteiger partial charge in [-0.15, -0.1) is 0 Å². The fraction of sp³-hybridized carbons (Fsp3) is 0.212. The maximum Gasteiger partial charge on any atom is 0.410 e. The number of amides is 1. The molecule has 1 aliphatic carbocycles. The zero-order chi connectivity index (χ0) is 27.9. The summed E-state index contributed by atoms with van der Waals surface area (Å²) in [5, 5.41) is 9.20. The van der Waals surface area contributed by atoms with E-state index in [4.69, 9.17) is 9.47 Å². The predicted molar refractivity (Wildman–Crippen MR) is 155 cm³/mol. The van der Waals surface area contributed by atoms with Crippen LogP contribution in [0.5, 0.6) is 11.5 Å². The first-order chi connectivity index (χ1) is 19.5. The van der Waals surface area contributed by atoms with E-state index in [0.717, 1.165) is 35.0 Å². The van der Waals surface area contributed by atoms with Gasteiger partial charge in [0.05, 0.1) is 19.0 Å². The summed E-state index contributed by atoms with van der Waals surface area (Å²) in [6.45, 7) is 2.44. The van der Waals surface area contributed by atoms with E-state index < -0.39 is 5.97 Å². The van der Waals surface area contributed by atoms with Crippen molar-refractivity contribution in [1.29, 1.82) is 0 Å². The number of aryl methyl sites for hydroxylation is 1. The molecule has 4 aromatic rings. The van der Waals surface area contributed by atoms with Gasteiger partial charge in [0.25, 0.3) is 0 Å². The van der Waals surface area contributed by atoms with Crippen molar-refractivity contribution in [2.75, 3.05) is 0 Å². The number of carbonyl (C=O) groups excluding carboxylic acids is 1. The Morgan fingerprint density at radius 3 is 2.50 bits per heavy atom. The summed E-state index contributed by atoms with van der Waals surface area (Å²) >= 11 is 0. The van der Waals surface area contributed by atoms with Crippen molar-refractivity contribution in [3.8, 4) is 11.5 Å². The van der Waals surface area contributed by atoms with Crippen LogP contribution < -0.4 is 10.2 Å². The number of nitrogens with zero attached hydrogens (tertiary/aromatic N) is 1. The van der Waals surface area contributed by atoms with Crippen LogP contribution in [0, 0.1) is 0 Å². The first-order valence-electron chi connectivity index (χ1n) is 13.5. The summed E-state index contributed by atoms with van der Waals surface area (Å²) < 4.78 is 12.1. The summed E-state index contributed by atoms with van der Waals surface area (Å²) in [4.78, 5) is 26.7. The van der Waals surface area contributed by atoms with Gasteiger partial charge >= 0.3 is 12.1 Å². The smallest absolute Gasteiger partial charge is 0.410 e. The Bertz CT molecular complexity index is 1490. The van der Waals surface area contributed by atoms with Crippen LogP contribution in [0.2, 0.25) is 6.82 Å². The molecular formula is C33H31BNO5. The van der Waals surface area contributed by atoms with Gasteiger partial charge in [-0.2, -0.15) is 0 Å². The van der Waals surface area contributed by atoms with Gasteiger partial charge in [-0.3, -0.25) is 9.69 Å². The van der Waals surface area contributed by atoms with E-state index in [1.807, 2.05) is 74.8 Å². The number of carboxylic acid groups (broad SMARTS) is 1. The first kappa shape index (κ1) is 27.1. The predicted octanol–water partition coefficient (Wildman–Crippen LogP) is 6.31. The molecule has 0 saturated heterocycles. The minimum Gasteiger partial charge on any atom is -0.481 e. The minimum absolute atomic E-state index is 0.0874. The molecule has 0 aliphatic heterocycles. The van der Waals surface area contributed by atoms with Crippen LogP contribution in [0.25, 0.3) is 0 Å². The highest BCUT2D eigenvalue weighted by Gasteiger charge is 2.32. The first-order valence-corrected chi connectivity index (χ1v) is 13.5. The molecule has 0 heterocycles. The molecule has 0 fully saturated rings. The highest BCUT2D eigenvalue weighted by atomic mass is 16.6. The molecule has 1 amide bonds. The topological polar surface area (TPSA) is 76.1 Å². The van der Waals surface area contributed by atoms with Gasteiger partial charge in [0.2, 0.25) is 0 Å². The Hall–Kier alpha value is -4.52. The van der Waals surface area contributed by atoms with Gasteiger partial charge in [-0.25, -0.2) is 4.79 Å². The molecular weight excluding hydrogens is 501 g/mol. The molecule has 1 aliphatic rings. The van der Waals surface area contributed by atoms with Crippen LogP contribution in [0.15, 0.2) is 97.1 Å². The largest absolute Gasteiger partial charge is 0.481 e. The van der Waals surface area contributed by atoms with Gasteiger partial charge in [0, 0.05) is 5.56 Å². The number of fused-ring (bicyclic) bond motifs is 1. The highest BCUT2D eigenvalue weighted by Crippen LogP contribution is 2.38. The fourth-order valence-corrected chi connectivity index (χ4v) is 5.17. The van der Waals surface area contributed by atoms with Crippen molar-refractivity contribution in [3.05, 3.63) is 125 Å². The van der Waals surface area contributed by atoms with Crippen LogP contribution >= 0.6 is 0 Å². The number of carbonyl (C=O) groups is 2. The van der Waals surface area contributed by atoms with Gasteiger partial charge in [0.15, 0.2) is 0 Å². The lowest BCUT2D eigenvalue weighted by atomic mass is 9.73. The van der Waals surface area contributed by atoms with Gasteiger partial charge in [0.1, 0.15) is 25.4 Å². The van der Waals surface area contributed by atoms with Crippen LogP contribution in [-0.4, -0.2) is 29.3 Å². The van der Waals surface area contributed by atoms with E-state index in [1.54, 1.807) is 29.2 Å². The molecule has 1 atom stereocenters. The lowest BCUT2D eigenvalue weighted by Gasteiger charge is -2.30. The average Bonchev–Trinajstić information content (AvgIpc) is 3.39.